The van der Waals surface area contributed by atoms with E-state index < -0.39 is 4.75 Å². The number of hydrogen-bond acceptors (Lipinski definition) is 3. The van der Waals surface area contributed by atoms with Crippen molar-refractivity contribution in [1.82, 2.24) is 4.98 Å². The molecule has 2 aromatic rings. The lowest BCUT2D eigenvalue weighted by molar-refractivity contribution is -0.120. The predicted molar refractivity (Wildman–Crippen MR) is 78.7 cm³/mol. The van der Waals surface area contributed by atoms with Crippen LogP contribution in [0.3, 0.4) is 0 Å². The monoisotopic (exact) mass is 270 g/mol. The number of allylic oxidation sites excluding steroid dienone is 1. The maximum atomic E-state index is 12.0. The van der Waals surface area contributed by atoms with E-state index in [1.54, 1.807) is 0 Å². The molecule has 0 spiro atoms. The first-order chi connectivity index (χ1) is 9.13. The first-order valence-electron chi connectivity index (χ1n) is 6.13. The summed E-state index contributed by atoms with van der Waals surface area (Å²) in [6, 6.07) is 9.93. The molecule has 1 aromatic heterocycles. The van der Waals surface area contributed by atoms with Crippen LogP contribution < -0.4 is 5.73 Å². The molecule has 1 aliphatic heterocycles. The molecule has 4 heteroatoms. The maximum absolute atomic E-state index is 12.0. The molecular weight excluding hydrogens is 256 g/mol. The number of hydrogen-bond donors (Lipinski definition) is 1. The fourth-order valence-corrected chi connectivity index (χ4v) is 3.49. The number of nitrogens with two attached hydrogens (primary N) is 1. The minimum atomic E-state index is -0.708. The average Bonchev–Trinajstić information content (AvgIpc) is 2.88. The van der Waals surface area contributed by atoms with E-state index in [2.05, 4.69) is 4.98 Å². The van der Waals surface area contributed by atoms with Gasteiger partial charge in [-0.3, -0.25) is 9.78 Å². The van der Waals surface area contributed by atoms with E-state index in [1.807, 2.05) is 48.7 Å². The number of rotatable bonds is 2. The molecule has 1 amide bonds. The van der Waals surface area contributed by atoms with Crippen LogP contribution in [0.15, 0.2) is 41.8 Å². The summed E-state index contributed by atoms with van der Waals surface area (Å²) in [4.78, 5) is 16.6. The summed E-state index contributed by atoms with van der Waals surface area (Å²) in [6.45, 7) is 1.95. The Morgan fingerprint density at radius 3 is 2.89 bits per heavy atom. The molecule has 19 heavy (non-hydrogen) atoms. The van der Waals surface area contributed by atoms with Gasteiger partial charge in [0.2, 0.25) is 5.91 Å². The second-order valence-corrected chi connectivity index (χ2v) is 5.92. The average molecular weight is 270 g/mol. The summed E-state index contributed by atoms with van der Waals surface area (Å²) in [5.41, 5.74) is 8.39. The van der Waals surface area contributed by atoms with Crippen molar-refractivity contribution in [1.29, 1.82) is 0 Å². The second kappa shape index (κ2) is 4.38. The lowest BCUT2D eigenvalue weighted by Crippen LogP contribution is -2.36. The molecule has 1 atom stereocenters. The van der Waals surface area contributed by atoms with Gasteiger partial charge in [0.15, 0.2) is 0 Å². The van der Waals surface area contributed by atoms with E-state index in [4.69, 9.17) is 5.73 Å². The quantitative estimate of drug-likeness (QED) is 0.913. The van der Waals surface area contributed by atoms with Gasteiger partial charge >= 0.3 is 0 Å². The van der Waals surface area contributed by atoms with Gasteiger partial charge in [-0.1, -0.05) is 30.3 Å². The van der Waals surface area contributed by atoms with Crippen LogP contribution in [0, 0.1) is 6.92 Å². The summed E-state index contributed by atoms with van der Waals surface area (Å²) >= 11 is 1.48. The first-order valence-corrected chi connectivity index (χ1v) is 7.01. The third-order valence-corrected chi connectivity index (χ3v) is 4.78. The summed E-state index contributed by atoms with van der Waals surface area (Å²) in [6.07, 6.45) is 2.62. The zero-order valence-corrected chi connectivity index (χ0v) is 11.4. The van der Waals surface area contributed by atoms with Gasteiger partial charge in [0.1, 0.15) is 4.75 Å². The molecule has 0 aliphatic carbocycles. The molecule has 0 bridgehead atoms. The van der Waals surface area contributed by atoms with Crippen molar-refractivity contribution in [3.63, 3.8) is 0 Å². The Kier molecular flexibility index (Phi) is 2.82. The molecular formula is C15H14N2OS. The van der Waals surface area contributed by atoms with Crippen molar-refractivity contribution in [2.24, 2.45) is 5.73 Å². The van der Waals surface area contributed by atoms with Gasteiger partial charge in [0, 0.05) is 16.6 Å². The van der Waals surface area contributed by atoms with E-state index in [1.165, 1.54) is 11.8 Å². The summed E-state index contributed by atoms with van der Waals surface area (Å²) < 4.78 is -0.708. The second-order valence-electron chi connectivity index (χ2n) is 4.71. The van der Waals surface area contributed by atoms with Crippen molar-refractivity contribution < 1.29 is 4.79 Å². The third-order valence-electron chi connectivity index (χ3n) is 3.46. The van der Waals surface area contributed by atoms with E-state index in [-0.39, 0.29) is 5.91 Å². The first kappa shape index (κ1) is 12.2. The number of para-hydroxylation sites is 1. The van der Waals surface area contributed by atoms with Crippen LogP contribution in [0.1, 0.15) is 17.7 Å². The van der Waals surface area contributed by atoms with E-state index >= 15 is 0 Å². The summed E-state index contributed by atoms with van der Waals surface area (Å²) in [5, 5.41) is 2.98. The van der Waals surface area contributed by atoms with Gasteiger partial charge in [0.25, 0.3) is 0 Å². The smallest absolute Gasteiger partial charge is 0.238 e. The van der Waals surface area contributed by atoms with Crippen LogP contribution in [-0.4, -0.2) is 10.9 Å². The number of nitrogens with zero attached hydrogens (tertiary/aromatic N) is 1. The van der Waals surface area contributed by atoms with Crippen molar-refractivity contribution in [3.05, 3.63) is 53.1 Å². The lowest BCUT2D eigenvalue weighted by Gasteiger charge is -2.25. The van der Waals surface area contributed by atoms with Gasteiger partial charge in [-0.15, -0.1) is 11.8 Å². The van der Waals surface area contributed by atoms with Crippen molar-refractivity contribution >= 4 is 28.6 Å². The molecule has 0 fully saturated rings. The molecule has 1 aromatic carbocycles. The largest absolute Gasteiger partial charge is 0.368 e. The Morgan fingerprint density at radius 1 is 1.37 bits per heavy atom. The molecule has 0 saturated heterocycles. The number of pyridine rings is 1. The minimum absolute atomic E-state index is 0.307. The number of benzene rings is 1. The molecule has 96 valence electrons. The van der Waals surface area contributed by atoms with Gasteiger partial charge in [-0.2, -0.15) is 0 Å². The van der Waals surface area contributed by atoms with Crippen molar-refractivity contribution in [2.75, 3.05) is 0 Å². The normalized spacial score (nSPS) is 21.9. The van der Waals surface area contributed by atoms with Crippen LogP contribution in [0.5, 0.6) is 0 Å². The molecule has 2 heterocycles. The zero-order valence-electron chi connectivity index (χ0n) is 10.6. The zero-order chi connectivity index (χ0) is 13.5. The number of carbonyl (C=O) groups is 1. The van der Waals surface area contributed by atoms with Crippen LogP contribution in [0.2, 0.25) is 0 Å². The Morgan fingerprint density at radius 2 is 2.21 bits per heavy atom. The van der Waals surface area contributed by atoms with Crippen LogP contribution in [0.4, 0.5) is 0 Å². The van der Waals surface area contributed by atoms with Gasteiger partial charge < -0.3 is 5.73 Å². The highest BCUT2D eigenvalue weighted by molar-refractivity contribution is 8.04. The third kappa shape index (κ3) is 1.83. The van der Waals surface area contributed by atoms with Crippen LogP contribution in [-0.2, 0) is 9.54 Å². The molecule has 1 aliphatic rings. The highest BCUT2D eigenvalue weighted by Crippen LogP contribution is 2.47. The summed E-state index contributed by atoms with van der Waals surface area (Å²) in [5.74, 6) is -0.307. The molecule has 2 N–H and O–H groups in total. The molecule has 3 rings (SSSR count). The molecule has 1 unspecified atom stereocenters. The van der Waals surface area contributed by atoms with E-state index in [9.17, 15) is 4.79 Å². The highest BCUT2D eigenvalue weighted by atomic mass is 32.2. The number of carbonyl (C=O) groups excluding carboxylic acids is 1. The van der Waals surface area contributed by atoms with E-state index in [0.29, 0.717) is 6.42 Å². The molecule has 0 radical (unpaired) electrons. The number of thioether (sulfide) groups is 1. The fraction of sp³-hybridized carbons (Fsp3) is 0.200. The van der Waals surface area contributed by atoms with Gasteiger partial charge in [0.05, 0.1) is 5.52 Å². The van der Waals surface area contributed by atoms with Crippen LogP contribution in [0.25, 0.3) is 10.9 Å². The van der Waals surface area contributed by atoms with Crippen molar-refractivity contribution in [2.45, 2.75) is 18.1 Å². The Labute approximate surface area is 115 Å². The summed E-state index contributed by atoms with van der Waals surface area (Å²) in [7, 11) is 0. The van der Waals surface area contributed by atoms with Gasteiger partial charge in [-0.05, 0) is 24.8 Å². The van der Waals surface area contributed by atoms with Gasteiger partial charge in [-0.25, -0.2) is 0 Å². The van der Waals surface area contributed by atoms with Crippen LogP contribution >= 0.6 is 11.8 Å². The topological polar surface area (TPSA) is 56.0 Å². The molecule has 3 nitrogen and oxygen atoms in total. The number of aromatic nitrogens is 1. The molecule has 0 saturated carbocycles. The van der Waals surface area contributed by atoms with E-state index in [0.717, 1.165) is 22.2 Å². The number of aryl methyl sites for hydroxylation is 1. The van der Waals surface area contributed by atoms with Crippen molar-refractivity contribution in [3.8, 4) is 0 Å². The Balaban J connectivity index is 2.30. The highest BCUT2D eigenvalue weighted by Gasteiger charge is 2.41. The number of fused-ring (bicyclic) bond motifs is 1. The number of primary amides is 1. The lowest BCUT2D eigenvalue weighted by atomic mass is 9.91. The minimum Gasteiger partial charge on any atom is -0.368 e. The Bertz CT molecular complexity index is 686. The predicted octanol–water partition coefficient (Wildman–Crippen LogP) is 2.87. The number of amides is 1. The fourth-order valence-electron chi connectivity index (χ4n) is 2.46. The SMILES string of the molecule is Cc1ccc2cccc(C3(C(N)=O)CC=CS3)c2n1. The standard InChI is InChI=1S/C15H14N2OS/c1-10-6-7-11-4-2-5-12(13(11)17-10)15(14(16)18)8-3-9-19-15/h2-7,9H,8H2,1H3,(H2,16,18). The Hall–Kier alpha value is -1.81. The maximum Gasteiger partial charge on any atom is 0.238 e.